The van der Waals surface area contributed by atoms with Gasteiger partial charge in [-0.2, -0.15) is 0 Å². The van der Waals surface area contributed by atoms with Crippen molar-refractivity contribution < 1.29 is 24.2 Å². The van der Waals surface area contributed by atoms with E-state index < -0.39 is 11.9 Å². The van der Waals surface area contributed by atoms with E-state index in [2.05, 4.69) is 0 Å². The highest BCUT2D eigenvalue weighted by Crippen LogP contribution is 2.39. The smallest absolute Gasteiger partial charge is 0.312 e. The normalized spacial score (nSPS) is 14.9. The molecule has 0 saturated carbocycles. The van der Waals surface area contributed by atoms with E-state index in [1.54, 1.807) is 6.07 Å². The van der Waals surface area contributed by atoms with E-state index in [1.807, 2.05) is 0 Å². The third-order valence-electron chi connectivity index (χ3n) is 2.79. The number of ether oxygens (including phenoxy) is 2. The monoisotopic (exact) mass is 251 g/mol. The van der Waals surface area contributed by atoms with Gasteiger partial charge in [-0.05, 0) is 6.07 Å². The Morgan fingerprint density at radius 1 is 1.39 bits per heavy atom. The molecule has 3 N–H and O–H groups in total. The number of benzene rings is 1. The van der Waals surface area contributed by atoms with Gasteiger partial charge < -0.3 is 20.3 Å². The predicted molar refractivity (Wildman–Crippen MR) is 62.3 cm³/mol. The Morgan fingerprint density at radius 2 is 2.06 bits per heavy atom. The van der Waals surface area contributed by atoms with Crippen molar-refractivity contribution in [2.75, 3.05) is 19.8 Å². The molecule has 0 aromatic heterocycles. The maximum atomic E-state index is 11.1. The van der Waals surface area contributed by atoms with Crippen molar-refractivity contribution in [3.63, 3.8) is 0 Å². The third-order valence-corrected chi connectivity index (χ3v) is 2.79. The molecule has 1 aromatic carbocycles. The first-order valence-corrected chi connectivity index (χ1v) is 5.49. The average molecular weight is 251 g/mol. The van der Waals surface area contributed by atoms with E-state index in [9.17, 15) is 9.59 Å². The minimum Gasteiger partial charge on any atom is -0.486 e. The largest absolute Gasteiger partial charge is 0.486 e. The van der Waals surface area contributed by atoms with Crippen molar-refractivity contribution in [1.82, 2.24) is 0 Å². The third kappa shape index (κ3) is 2.02. The SMILES string of the molecule is NCC(C(=O)O)c1ccc(C=O)c2c1OCCO2. The first kappa shape index (κ1) is 12.4. The van der Waals surface area contributed by atoms with Crippen LogP contribution >= 0.6 is 0 Å². The van der Waals surface area contributed by atoms with E-state index in [0.29, 0.717) is 42.1 Å². The molecule has 1 aromatic rings. The van der Waals surface area contributed by atoms with Gasteiger partial charge in [-0.25, -0.2) is 0 Å². The number of carbonyl (C=O) groups is 2. The molecule has 1 aliphatic rings. The lowest BCUT2D eigenvalue weighted by Gasteiger charge is -2.24. The van der Waals surface area contributed by atoms with Gasteiger partial charge in [-0.1, -0.05) is 6.07 Å². The van der Waals surface area contributed by atoms with Gasteiger partial charge >= 0.3 is 5.97 Å². The van der Waals surface area contributed by atoms with Crippen LogP contribution in [0.5, 0.6) is 11.5 Å². The van der Waals surface area contributed by atoms with Crippen molar-refractivity contribution in [2.24, 2.45) is 5.73 Å². The van der Waals surface area contributed by atoms with Crippen molar-refractivity contribution >= 4 is 12.3 Å². The Hall–Kier alpha value is -2.08. The lowest BCUT2D eigenvalue weighted by molar-refractivity contribution is -0.138. The van der Waals surface area contributed by atoms with Gasteiger partial charge in [0.25, 0.3) is 0 Å². The fraction of sp³-hybridized carbons (Fsp3) is 0.333. The molecule has 0 radical (unpaired) electrons. The molecule has 1 aliphatic heterocycles. The molecule has 0 spiro atoms. The fourth-order valence-electron chi connectivity index (χ4n) is 1.91. The minimum atomic E-state index is -1.03. The van der Waals surface area contributed by atoms with Gasteiger partial charge in [0.05, 0.1) is 11.5 Å². The minimum absolute atomic E-state index is 0.0500. The molecule has 96 valence electrons. The van der Waals surface area contributed by atoms with Gasteiger partial charge in [0.15, 0.2) is 17.8 Å². The topological polar surface area (TPSA) is 98.9 Å². The molecule has 1 heterocycles. The van der Waals surface area contributed by atoms with Crippen LogP contribution < -0.4 is 15.2 Å². The summed E-state index contributed by atoms with van der Waals surface area (Å²) in [7, 11) is 0. The lowest BCUT2D eigenvalue weighted by Crippen LogP contribution is -2.24. The Morgan fingerprint density at radius 3 is 2.61 bits per heavy atom. The van der Waals surface area contributed by atoms with Crippen molar-refractivity contribution in [3.05, 3.63) is 23.3 Å². The number of fused-ring (bicyclic) bond motifs is 1. The van der Waals surface area contributed by atoms with E-state index in [0.717, 1.165) is 0 Å². The van der Waals surface area contributed by atoms with Crippen LogP contribution in [0.15, 0.2) is 12.1 Å². The number of hydrogen-bond donors (Lipinski definition) is 2. The van der Waals surface area contributed by atoms with Gasteiger partial charge in [-0.15, -0.1) is 0 Å². The summed E-state index contributed by atoms with van der Waals surface area (Å²) in [5.74, 6) is -1.30. The van der Waals surface area contributed by atoms with Gasteiger partial charge in [0, 0.05) is 12.1 Å². The zero-order valence-electron chi connectivity index (χ0n) is 9.59. The summed E-state index contributed by atoms with van der Waals surface area (Å²) in [6, 6.07) is 3.06. The molecular formula is C12H13NO5. The first-order valence-electron chi connectivity index (χ1n) is 5.49. The Balaban J connectivity index is 2.55. The second-order valence-corrected chi connectivity index (χ2v) is 3.84. The quantitative estimate of drug-likeness (QED) is 0.751. The summed E-state index contributed by atoms with van der Waals surface area (Å²) in [4.78, 5) is 22.0. The molecule has 2 rings (SSSR count). The number of rotatable bonds is 4. The zero-order chi connectivity index (χ0) is 13.1. The molecule has 6 nitrogen and oxygen atoms in total. The second kappa shape index (κ2) is 5.05. The van der Waals surface area contributed by atoms with Crippen LogP contribution in [0.2, 0.25) is 0 Å². The molecule has 6 heteroatoms. The van der Waals surface area contributed by atoms with Crippen LogP contribution in [0.3, 0.4) is 0 Å². The summed E-state index contributed by atoms with van der Waals surface area (Å²) >= 11 is 0. The van der Waals surface area contributed by atoms with E-state index in [1.165, 1.54) is 6.07 Å². The maximum Gasteiger partial charge on any atom is 0.312 e. The van der Waals surface area contributed by atoms with Crippen molar-refractivity contribution in [1.29, 1.82) is 0 Å². The summed E-state index contributed by atoms with van der Waals surface area (Å²) in [6.45, 7) is 0.600. The highest BCUT2D eigenvalue weighted by molar-refractivity contribution is 5.84. The fourth-order valence-corrected chi connectivity index (χ4v) is 1.91. The van der Waals surface area contributed by atoms with Gasteiger partial charge in [0.1, 0.15) is 13.2 Å². The predicted octanol–water partition coefficient (Wildman–Crippen LogP) is 0.397. The van der Waals surface area contributed by atoms with Crippen LogP contribution in [0, 0.1) is 0 Å². The number of aliphatic carboxylic acids is 1. The van der Waals surface area contributed by atoms with E-state index in [4.69, 9.17) is 20.3 Å². The van der Waals surface area contributed by atoms with Crippen LogP contribution in [0.1, 0.15) is 21.8 Å². The molecule has 0 fully saturated rings. The molecule has 0 saturated heterocycles. The van der Waals surface area contributed by atoms with Crippen molar-refractivity contribution in [3.8, 4) is 11.5 Å². The standard InChI is InChI=1S/C12H13NO5/c13-5-9(12(15)16)8-2-1-7(6-14)10-11(8)18-4-3-17-10/h1-2,6,9H,3-5,13H2,(H,15,16). The lowest BCUT2D eigenvalue weighted by atomic mass is 9.96. The number of hydrogen-bond acceptors (Lipinski definition) is 5. The van der Waals surface area contributed by atoms with Gasteiger partial charge in [0.2, 0.25) is 0 Å². The van der Waals surface area contributed by atoms with Gasteiger partial charge in [-0.3, -0.25) is 9.59 Å². The average Bonchev–Trinajstić information content (AvgIpc) is 2.39. The number of aldehydes is 1. The van der Waals surface area contributed by atoms with Crippen LogP contribution in [-0.2, 0) is 4.79 Å². The zero-order valence-corrected chi connectivity index (χ0v) is 9.59. The number of carboxylic acids is 1. The van der Waals surface area contributed by atoms with Crippen LogP contribution in [-0.4, -0.2) is 37.1 Å². The summed E-state index contributed by atoms with van der Waals surface area (Å²) in [6.07, 6.45) is 0.648. The molecule has 18 heavy (non-hydrogen) atoms. The Bertz CT molecular complexity index is 486. The maximum absolute atomic E-state index is 11.1. The van der Waals surface area contributed by atoms with Crippen LogP contribution in [0.25, 0.3) is 0 Å². The summed E-state index contributed by atoms with van der Waals surface area (Å²) < 4.78 is 10.8. The summed E-state index contributed by atoms with van der Waals surface area (Å²) in [5, 5.41) is 9.11. The Kier molecular flexibility index (Phi) is 3.47. The van der Waals surface area contributed by atoms with Crippen molar-refractivity contribution in [2.45, 2.75) is 5.92 Å². The highest BCUT2D eigenvalue weighted by Gasteiger charge is 2.27. The van der Waals surface area contributed by atoms with Crippen LogP contribution in [0.4, 0.5) is 0 Å². The highest BCUT2D eigenvalue weighted by atomic mass is 16.6. The molecule has 1 atom stereocenters. The number of carbonyl (C=O) groups excluding carboxylic acids is 1. The molecule has 0 aliphatic carbocycles. The molecule has 0 bridgehead atoms. The molecule has 0 amide bonds. The number of nitrogens with two attached hydrogens (primary N) is 1. The second-order valence-electron chi connectivity index (χ2n) is 3.84. The van der Waals surface area contributed by atoms with E-state index in [-0.39, 0.29) is 6.54 Å². The first-order chi connectivity index (χ1) is 8.69. The Labute approximate surface area is 103 Å². The number of carboxylic acid groups (broad SMARTS) is 1. The summed E-state index contributed by atoms with van der Waals surface area (Å²) in [5.41, 5.74) is 6.24. The molecule has 1 unspecified atom stereocenters. The molecular weight excluding hydrogens is 238 g/mol. The van der Waals surface area contributed by atoms with E-state index >= 15 is 0 Å².